The number of benzene rings is 1. The van der Waals surface area contributed by atoms with Crippen LogP contribution in [0.1, 0.15) is 26.3 Å². The Hall–Kier alpha value is -0.950. The number of quaternary nitrogens is 1. The molecule has 1 aliphatic rings. The van der Waals surface area contributed by atoms with Crippen LogP contribution in [-0.4, -0.2) is 154 Å². The van der Waals surface area contributed by atoms with Gasteiger partial charge in [-0.3, -0.25) is 24.3 Å². The van der Waals surface area contributed by atoms with Gasteiger partial charge in [-0.25, -0.2) is 0 Å². The van der Waals surface area contributed by atoms with Crippen LogP contribution in [0, 0.1) is 0 Å². The summed E-state index contributed by atoms with van der Waals surface area (Å²) < 4.78 is 0.192. The van der Waals surface area contributed by atoms with Gasteiger partial charge in [-0.05, 0) is 32.9 Å². The molecule has 1 atom stereocenters. The minimum absolute atomic E-state index is 0. The van der Waals surface area contributed by atoms with Gasteiger partial charge in [0, 0.05) is 61.4 Å². The molecule has 2 rings (SSSR count). The molecule has 210 valence electrons. The van der Waals surface area contributed by atoms with E-state index in [1.165, 1.54) is 0 Å². The van der Waals surface area contributed by atoms with Crippen molar-refractivity contribution in [3.05, 3.63) is 33.8 Å². The first-order valence-electron chi connectivity index (χ1n) is 12.3. The zero-order chi connectivity index (χ0) is 27.8. The van der Waals surface area contributed by atoms with Crippen LogP contribution in [0.3, 0.4) is 0 Å². The fraction of sp³-hybridized carbons (Fsp3) is 0.640. The summed E-state index contributed by atoms with van der Waals surface area (Å²) in [6, 6.07) is 5.29. The van der Waals surface area contributed by atoms with E-state index in [1.807, 2.05) is 20.8 Å². The Kier molecular flexibility index (Phi) is 14.5. The first kappa shape index (κ1) is 35.1. The topological polar surface area (TPSA) is 124 Å². The quantitative estimate of drug-likeness (QED) is 0.328. The summed E-state index contributed by atoms with van der Waals surface area (Å²) in [6.45, 7) is 9.05. The van der Waals surface area contributed by atoms with E-state index in [0.717, 1.165) is 5.56 Å². The number of carbonyl (C=O) groups excluding carboxylic acids is 1. The average molecular weight is 586 g/mol. The van der Waals surface area contributed by atoms with Crippen LogP contribution in [0.4, 0.5) is 0 Å². The SMILES string of the molecule is CC(C)(C)[N+]1(CC(=O)[O-])CCN(CC(=O)O)CCN(CC(=O)O)CCN(Cc2c(Cl)cccc2Cl)CC1.[NaH]. The van der Waals surface area contributed by atoms with Crippen molar-refractivity contribution in [2.75, 3.05) is 72.0 Å². The number of hydrogen-bond donors (Lipinski definition) is 2. The van der Waals surface area contributed by atoms with Crippen molar-refractivity contribution in [2.24, 2.45) is 0 Å². The minimum atomic E-state index is -1.17. The van der Waals surface area contributed by atoms with Gasteiger partial charge in [0.15, 0.2) is 0 Å². The Balaban J connectivity index is 0.00000722. The van der Waals surface area contributed by atoms with Gasteiger partial charge in [0.2, 0.25) is 0 Å². The fourth-order valence-corrected chi connectivity index (χ4v) is 5.27. The van der Waals surface area contributed by atoms with Gasteiger partial charge in [-0.15, -0.1) is 0 Å². The van der Waals surface area contributed by atoms with Gasteiger partial charge < -0.3 is 24.6 Å². The third kappa shape index (κ3) is 10.9. The number of hydrogen-bond acceptors (Lipinski definition) is 7. The Labute approximate surface area is 256 Å². The molecule has 2 N–H and O–H groups in total. The van der Waals surface area contributed by atoms with Crippen LogP contribution in [0.25, 0.3) is 0 Å². The number of halogens is 2. The van der Waals surface area contributed by atoms with Gasteiger partial charge in [0.05, 0.1) is 37.7 Å². The molecule has 0 bridgehead atoms. The molecule has 13 heteroatoms. The second-order valence-electron chi connectivity index (χ2n) is 10.6. The Bertz CT molecular complexity index is 944. The Morgan fingerprint density at radius 3 is 1.71 bits per heavy atom. The van der Waals surface area contributed by atoms with E-state index in [2.05, 4.69) is 4.90 Å². The molecule has 0 amide bonds. The molecule has 0 spiro atoms. The molecule has 0 aromatic heterocycles. The molecule has 1 aromatic carbocycles. The molecule has 1 aliphatic heterocycles. The van der Waals surface area contributed by atoms with Crippen LogP contribution in [0.15, 0.2) is 18.2 Å². The normalized spacial score (nSPS) is 21.1. The van der Waals surface area contributed by atoms with Crippen molar-refractivity contribution in [1.82, 2.24) is 14.7 Å². The molecule has 0 aliphatic carbocycles. The van der Waals surface area contributed by atoms with Crippen molar-refractivity contribution >= 4 is 70.7 Å². The molecule has 1 aromatic rings. The van der Waals surface area contributed by atoms with E-state index < -0.39 is 23.4 Å². The number of rotatable bonds is 8. The first-order valence-corrected chi connectivity index (χ1v) is 13.1. The van der Waals surface area contributed by atoms with Crippen molar-refractivity contribution in [2.45, 2.75) is 32.9 Å². The summed E-state index contributed by atoms with van der Waals surface area (Å²) >= 11 is 12.9. The Morgan fingerprint density at radius 1 is 0.868 bits per heavy atom. The summed E-state index contributed by atoms with van der Waals surface area (Å²) in [5.74, 6) is -3.12. The maximum atomic E-state index is 11.9. The number of aliphatic carboxylic acids is 3. The second kappa shape index (κ2) is 15.7. The average Bonchev–Trinajstić information content (AvgIpc) is 2.75. The van der Waals surface area contributed by atoms with Gasteiger partial charge >= 0.3 is 41.5 Å². The number of carboxylic acid groups (broad SMARTS) is 3. The molecule has 38 heavy (non-hydrogen) atoms. The van der Waals surface area contributed by atoms with Crippen LogP contribution in [0.2, 0.25) is 10.0 Å². The summed E-state index contributed by atoms with van der Waals surface area (Å²) in [7, 11) is 0. The van der Waals surface area contributed by atoms with Gasteiger partial charge in [-0.2, -0.15) is 0 Å². The number of nitrogens with zero attached hydrogens (tertiary/aromatic N) is 4. The fourth-order valence-electron chi connectivity index (χ4n) is 4.76. The first-order chi connectivity index (χ1) is 17.2. The third-order valence-corrected chi connectivity index (χ3v) is 7.88. The molecular formula is C25H39Cl2N4NaO6. The van der Waals surface area contributed by atoms with E-state index in [9.17, 15) is 29.7 Å². The monoisotopic (exact) mass is 584 g/mol. The molecule has 10 nitrogen and oxygen atoms in total. The van der Waals surface area contributed by atoms with E-state index in [0.29, 0.717) is 68.9 Å². The van der Waals surface area contributed by atoms with Crippen molar-refractivity contribution in [1.29, 1.82) is 0 Å². The van der Waals surface area contributed by atoms with Crippen molar-refractivity contribution < 1.29 is 34.2 Å². The van der Waals surface area contributed by atoms with E-state index in [4.69, 9.17) is 23.2 Å². The molecule has 1 unspecified atom stereocenters. The standard InChI is InChI=1S/C25H38Cl2N4O6.Na.H/c1-25(2,3)31(18-24(36)37)13-11-29(15-19-20(26)5-4-6-21(19)27)9-7-28(16-22(32)33)8-10-30(12-14-31)17-23(34)35;;/h4-6H,7-18H2,1-3H3,(H2-,32,33,34,35,36,37);;. The number of carboxylic acids is 3. The van der Waals surface area contributed by atoms with Gasteiger partial charge in [0.1, 0.15) is 6.54 Å². The predicted octanol–water partition coefficient (Wildman–Crippen LogP) is 0.299. The predicted molar refractivity (Wildman–Crippen MR) is 147 cm³/mol. The molecular weight excluding hydrogens is 546 g/mol. The Morgan fingerprint density at radius 2 is 1.29 bits per heavy atom. The summed E-state index contributed by atoms with van der Waals surface area (Å²) in [5, 5.41) is 31.8. The summed E-state index contributed by atoms with van der Waals surface area (Å²) in [4.78, 5) is 40.6. The van der Waals surface area contributed by atoms with Crippen molar-refractivity contribution in [3.63, 3.8) is 0 Å². The van der Waals surface area contributed by atoms with E-state index >= 15 is 0 Å². The van der Waals surface area contributed by atoms with Crippen LogP contribution in [0.5, 0.6) is 0 Å². The third-order valence-electron chi connectivity index (χ3n) is 7.17. The van der Waals surface area contributed by atoms with Gasteiger partial charge in [-0.1, -0.05) is 29.3 Å². The van der Waals surface area contributed by atoms with Crippen molar-refractivity contribution in [3.8, 4) is 0 Å². The molecule has 0 radical (unpaired) electrons. The molecule has 1 heterocycles. The van der Waals surface area contributed by atoms with E-state index in [-0.39, 0.29) is 53.7 Å². The zero-order valence-corrected chi connectivity index (χ0v) is 23.3. The van der Waals surface area contributed by atoms with Gasteiger partial charge in [0.25, 0.3) is 0 Å². The molecule has 1 saturated heterocycles. The molecule has 0 saturated carbocycles. The number of carbonyl (C=O) groups is 3. The molecule has 1 fully saturated rings. The maximum absolute atomic E-state index is 11.9. The summed E-state index contributed by atoms with van der Waals surface area (Å²) in [6.07, 6.45) is 0. The van der Waals surface area contributed by atoms with Crippen LogP contribution < -0.4 is 5.11 Å². The van der Waals surface area contributed by atoms with Crippen LogP contribution >= 0.6 is 23.2 Å². The van der Waals surface area contributed by atoms with E-state index in [1.54, 1.807) is 28.0 Å². The second-order valence-corrected chi connectivity index (χ2v) is 11.4. The van der Waals surface area contributed by atoms with Crippen LogP contribution in [-0.2, 0) is 20.9 Å². The summed E-state index contributed by atoms with van der Waals surface area (Å²) in [5.41, 5.74) is 0.284. The zero-order valence-electron chi connectivity index (χ0n) is 21.8.